The molecule has 1 aliphatic heterocycles. The molecule has 1 fully saturated rings. The standard InChI is InChI=1S/C10H20NO3PS2/c1-5-14-15(13,17-6-8(2)3)11-9(4)16-7-10(11)12/h8-9H,5-7H2,1-4H3. The van der Waals surface area contributed by atoms with Gasteiger partial charge in [-0.1, -0.05) is 13.8 Å². The molecule has 0 aliphatic carbocycles. The molecule has 100 valence electrons. The molecule has 2 atom stereocenters. The molecule has 0 radical (unpaired) electrons. The van der Waals surface area contributed by atoms with E-state index in [0.29, 0.717) is 18.3 Å². The monoisotopic (exact) mass is 297 g/mol. The molecule has 0 aromatic heterocycles. The van der Waals surface area contributed by atoms with Gasteiger partial charge in [-0.05, 0) is 31.1 Å². The average molecular weight is 297 g/mol. The summed E-state index contributed by atoms with van der Waals surface area (Å²) in [6.45, 7) is 5.14. The van der Waals surface area contributed by atoms with Crippen molar-refractivity contribution in [1.82, 2.24) is 4.67 Å². The van der Waals surface area contributed by atoms with Crippen molar-refractivity contribution in [3.63, 3.8) is 0 Å². The van der Waals surface area contributed by atoms with E-state index in [9.17, 15) is 9.36 Å². The van der Waals surface area contributed by atoms with Gasteiger partial charge in [-0.15, -0.1) is 11.8 Å². The van der Waals surface area contributed by atoms with Crippen molar-refractivity contribution in [3.8, 4) is 0 Å². The largest absolute Gasteiger partial charge is 0.356 e. The molecule has 2 unspecified atom stereocenters. The van der Waals surface area contributed by atoms with Gasteiger partial charge < -0.3 is 4.52 Å². The second-order valence-corrected chi connectivity index (χ2v) is 9.91. The minimum Gasteiger partial charge on any atom is -0.306 e. The summed E-state index contributed by atoms with van der Waals surface area (Å²) in [5, 5.41) is -0.0560. The van der Waals surface area contributed by atoms with Gasteiger partial charge >= 0.3 is 6.72 Å². The van der Waals surface area contributed by atoms with Crippen LogP contribution in [0.15, 0.2) is 0 Å². The van der Waals surface area contributed by atoms with Crippen LogP contribution < -0.4 is 0 Å². The summed E-state index contributed by atoms with van der Waals surface area (Å²) in [5.74, 6) is 1.49. The fourth-order valence-electron chi connectivity index (χ4n) is 1.44. The van der Waals surface area contributed by atoms with Crippen LogP contribution in [0.5, 0.6) is 0 Å². The fourth-order valence-corrected chi connectivity index (χ4v) is 8.01. The molecule has 7 heteroatoms. The van der Waals surface area contributed by atoms with Gasteiger partial charge in [0.25, 0.3) is 0 Å². The first-order valence-electron chi connectivity index (χ1n) is 5.74. The lowest BCUT2D eigenvalue weighted by Gasteiger charge is -2.29. The summed E-state index contributed by atoms with van der Waals surface area (Å²) >= 11 is 2.80. The van der Waals surface area contributed by atoms with E-state index >= 15 is 0 Å². The predicted molar refractivity (Wildman–Crippen MR) is 75.3 cm³/mol. The van der Waals surface area contributed by atoms with Gasteiger partial charge in [0.15, 0.2) is 0 Å². The first-order chi connectivity index (χ1) is 7.90. The fraction of sp³-hybridized carbons (Fsp3) is 0.900. The van der Waals surface area contributed by atoms with E-state index in [-0.39, 0.29) is 11.3 Å². The zero-order valence-corrected chi connectivity index (χ0v) is 13.2. The number of nitrogens with zero attached hydrogens (tertiary/aromatic N) is 1. The van der Waals surface area contributed by atoms with Crippen molar-refractivity contribution in [3.05, 3.63) is 0 Å². The zero-order valence-electron chi connectivity index (χ0n) is 10.7. The molecule has 4 nitrogen and oxygen atoms in total. The molecule has 0 spiro atoms. The van der Waals surface area contributed by atoms with E-state index in [0.717, 1.165) is 5.75 Å². The van der Waals surface area contributed by atoms with Crippen LogP contribution in [0.4, 0.5) is 0 Å². The highest BCUT2D eigenvalue weighted by Crippen LogP contribution is 2.65. The zero-order chi connectivity index (χ0) is 13.1. The highest BCUT2D eigenvalue weighted by Gasteiger charge is 2.43. The van der Waals surface area contributed by atoms with Crippen molar-refractivity contribution >= 4 is 35.8 Å². The minimum absolute atomic E-state index is 0.0560. The highest BCUT2D eigenvalue weighted by atomic mass is 32.7. The molecule has 1 saturated heterocycles. The Morgan fingerprint density at radius 2 is 2.29 bits per heavy atom. The van der Waals surface area contributed by atoms with Crippen molar-refractivity contribution in [2.75, 3.05) is 18.1 Å². The molecule has 17 heavy (non-hydrogen) atoms. The summed E-state index contributed by atoms with van der Waals surface area (Å²) in [6.07, 6.45) is 0. The second-order valence-electron chi connectivity index (χ2n) is 4.22. The maximum absolute atomic E-state index is 12.8. The second kappa shape index (κ2) is 6.50. The summed E-state index contributed by atoms with van der Waals surface area (Å²) < 4.78 is 19.6. The van der Waals surface area contributed by atoms with Crippen LogP contribution in [0.2, 0.25) is 0 Å². The number of carbonyl (C=O) groups is 1. The van der Waals surface area contributed by atoms with Gasteiger partial charge in [0.05, 0.1) is 17.7 Å². The normalized spacial score (nSPS) is 24.4. The van der Waals surface area contributed by atoms with Crippen LogP contribution in [0.3, 0.4) is 0 Å². The molecular formula is C10H20NO3PS2. The lowest BCUT2D eigenvalue weighted by atomic mass is 10.3. The lowest BCUT2D eigenvalue weighted by molar-refractivity contribution is -0.123. The van der Waals surface area contributed by atoms with Crippen molar-refractivity contribution in [1.29, 1.82) is 0 Å². The highest BCUT2D eigenvalue weighted by molar-refractivity contribution is 8.56. The van der Waals surface area contributed by atoms with E-state index in [1.54, 1.807) is 6.92 Å². The Balaban J connectivity index is 2.82. The van der Waals surface area contributed by atoms with E-state index in [1.807, 2.05) is 6.92 Å². The number of hydrogen-bond donors (Lipinski definition) is 0. The van der Waals surface area contributed by atoms with Gasteiger partial charge in [-0.2, -0.15) is 0 Å². The molecule has 1 heterocycles. The van der Waals surface area contributed by atoms with Gasteiger partial charge in [-0.3, -0.25) is 14.0 Å². The van der Waals surface area contributed by atoms with E-state index in [4.69, 9.17) is 4.52 Å². The predicted octanol–water partition coefficient (Wildman–Crippen LogP) is 3.44. The Morgan fingerprint density at radius 3 is 2.71 bits per heavy atom. The Bertz CT molecular complexity index is 325. The van der Waals surface area contributed by atoms with Crippen molar-refractivity contribution in [2.45, 2.75) is 33.1 Å². The van der Waals surface area contributed by atoms with E-state index in [2.05, 4.69) is 13.8 Å². The van der Waals surface area contributed by atoms with Crippen LogP contribution >= 0.6 is 29.9 Å². The molecule has 1 aliphatic rings. The first-order valence-corrected chi connectivity index (χ1v) is 9.95. The topological polar surface area (TPSA) is 46.6 Å². The summed E-state index contributed by atoms with van der Waals surface area (Å²) in [6, 6.07) is 0. The Kier molecular flexibility index (Phi) is 5.90. The van der Waals surface area contributed by atoms with Gasteiger partial charge in [0.1, 0.15) is 0 Å². The third kappa shape index (κ3) is 3.91. The van der Waals surface area contributed by atoms with E-state index < -0.39 is 6.72 Å². The number of carbonyl (C=O) groups excluding carboxylic acids is 1. The van der Waals surface area contributed by atoms with Gasteiger partial charge in [-0.25, -0.2) is 0 Å². The number of amides is 1. The smallest absolute Gasteiger partial charge is 0.306 e. The van der Waals surface area contributed by atoms with Crippen LogP contribution in [0, 0.1) is 5.92 Å². The Hall–Kier alpha value is 0.360. The lowest BCUT2D eigenvalue weighted by Crippen LogP contribution is -2.28. The summed E-state index contributed by atoms with van der Waals surface area (Å²) in [4.78, 5) is 11.8. The number of thioether (sulfide) groups is 1. The minimum atomic E-state index is -3.05. The number of hydrogen-bond acceptors (Lipinski definition) is 5. The third-order valence-corrected chi connectivity index (χ3v) is 8.53. The molecule has 1 rings (SSSR count). The van der Waals surface area contributed by atoms with E-state index in [1.165, 1.54) is 27.8 Å². The molecule has 0 bridgehead atoms. The molecular weight excluding hydrogens is 277 g/mol. The maximum atomic E-state index is 12.8. The van der Waals surface area contributed by atoms with Crippen LogP contribution in [-0.4, -0.2) is 34.1 Å². The summed E-state index contributed by atoms with van der Waals surface area (Å²) in [7, 11) is 0. The van der Waals surface area contributed by atoms with Crippen LogP contribution in [0.1, 0.15) is 27.7 Å². The third-order valence-electron chi connectivity index (χ3n) is 2.18. The first kappa shape index (κ1) is 15.4. The molecule has 1 amide bonds. The van der Waals surface area contributed by atoms with Crippen LogP contribution in [0.25, 0.3) is 0 Å². The molecule has 0 aromatic carbocycles. The molecule has 0 aromatic rings. The van der Waals surface area contributed by atoms with Gasteiger partial charge in [0, 0.05) is 5.75 Å². The Morgan fingerprint density at radius 1 is 1.65 bits per heavy atom. The molecule has 0 N–H and O–H groups in total. The quantitative estimate of drug-likeness (QED) is 0.703. The summed E-state index contributed by atoms with van der Waals surface area (Å²) in [5.41, 5.74) is 0. The SMILES string of the molecule is CCOP(=O)(SCC(C)C)N1C(=O)CSC1C. The van der Waals surface area contributed by atoms with Crippen molar-refractivity contribution < 1.29 is 13.9 Å². The number of rotatable bonds is 6. The molecule has 0 saturated carbocycles. The van der Waals surface area contributed by atoms with Gasteiger partial charge in [0.2, 0.25) is 5.91 Å². The maximum Gasteiger partial charge on any atom is 0.356 e. The van der Waals surface area contributed by atoms with Crippen molar-refractivity contribution in [2.24, 2.45) is 5.92 Å². The Labute approximate surface area is 111 Å². The average Bonchev–Trinajstić information content (AvgIpc) is 2.57. The van der Waals surface area contributed by atoms with Crippen LogP contribution in [-0.2, 0) is 13.9 Å².